The molecule has 0 radical (unpaired) electrons. The molecule has 5 heteroatoms. The molecule has 1 aliphatic heterocycles. The van der Waals surface area contributed by atoms with Gasteiger partial charge in [0, 0.05) is 19.3 Å². The van der Waals surface area contributed by atoms with E-state index in [4.69, 9.17) is 4.74 Å². The monoisotopic (exact) mass is 285 g/mol. The molecule has 1 aliphatic rings. The van der Waals surface area contributed by atoms with Crippen molar-refractivity contribution in [1.29, 1.82) is 0 Å². The molecule has 1 amide bonds. The summed E-state index contributed by atoms with van der Waals surface area (Å²) in [6.07, 6.45) is 5.64. The summed E-state index contributed by atoms with van der Waals surface area (Å²) in [5.74, 6) is -0.0928. The highest BCUT2D eigenvalue weighted by Gasteiger charge is 2.17. The second kappa shape index (κ2) is 6.54. The van der Waals surface area contributed by atoms with Crippen LogP contribution in [0.25, 0.3) is 0 Å². The Morgan fingerprint density at radius 1 is 1.38 bits per heavy atom. The molecule has 110 valence electrons. The lowest BCUT2D eigenvalue weighted by Gasteiger charge is -2.09. The molecule has 5 nitrogen and oxygen atoms in total. The summed E-state index contributed by atoms with van der Waals surface area (Å²) in [5, 5.41) is 7.14. The predicted octanol–water partition coefficient (Wildman–Crippen LogP) is 1.84. The molecule has 1 unspecified atom stereocenters. The number of carbonyl (C=O) groups is 1. The van der Waals surface area contributed by atoms with E-state index in [0.29, 0.717) is 18.7 Å². The van der Waals surface area contributed by atoms with E-state index in [1.54, 1.807) is 17.1 Å². The first-order valence-corrected chi connectivity index (χ1v) is 7.27. The molecule has 1 fully saturated rings. The molecular formula is C16H19N3O2. The normalized spacial score (nSPS) is 17.8. The molecule has 2 aromatic rings. The van der Waals surface area contributed by atoms with Crippen molar-refractivity contribution in [3.8, 4) is 0 Å². The van der Waals surface area contributed by atoms with Crippen molar-refractivity contribution in [2.75, 3.05) is 13.2 Å². The number of amides is 1. The maximum Gasteiger partial charge on any atom is 0.254 e. The average molecular weight is 285 g/mol. The fourth-order valence-corrected chi connectivity index (χ4v) is 2.45. The van der Waals surface area contributed by atoms with E-state index in [1.807, 2.05) is 30.3 Å². The van der Waals surface area contributed by atoms with Crippen molar-refractivity contribution >= 4 is 5.91 Å². The molecule has 3 rings (SSSR count). The summed E-state index contributed by atoms with van der Waals surface area (Å²) in [4.78, 5) is 12.0. The maximum absolute atomic E-state index is 12.0. The van der Waals surface area contributed by atoms with E-state index in [2.05, 4.69) is 10.4 Å². The Hall–Kier alpha value is -2.14. The van der Waals surface area contributed by atoms with Gasteiger partial charge in [0.2, 0.25) is 0 Å². The minimum absolute atomic E-state index is 0.0928. The van der Waals surface area contributed by atoms with Crippen LogP contribution in [0, 0.1) is 0 Å². The van der Waals surface area contributed by atoms with Gasteiger partial charge < -0.3 is 10.1 Å². The summed E-state index contributed by atoms with van der Waals surface area (Å²) < 4.78 is 7.26. The first kappa shape index (κ1) is 13.8. The topological polar surface area (TPSA) is 56.1 Å². The third kappa shape index (κ3) is 3.70. The molecule has 1 aromatic heterocycles. The van der Waals surface area contributed by atoms with Gasteiger partial charge in [-0.2, -0.15) is 5.10 Å². The van der Waals surface area contributed by atoms with Gasteiger partial charge in [-0.3, -0.25) is 9.48 Å². The van der Waals surface area contributed by atoms with Crippen molar-refractivity contribution in [2.45, 2.75) is 25.5 Å². The van der Waals surface area contributed by atoms with E-state index >= 15 is 0 Å². The lowest BCUT2D eigenvalue weighted by molar-refractivity contribution is 0.0857. The molecule has 21 heavy (non-hydrogen) atoms. The van der Waals surface area contributed by atoms with Gasteiger partial charge in [-0.25, -0.2) is 0 Å². The van der Waals surface area contributed by atoms with Crippen molar-refractivity contribution in [2.24, 2.45) is 0 Å². The summed E-state index contributed by atoms with van der Waals surface area (Å²) in [5.41, 5.74) is 1.75. The molecule has 1 aromatic carbocycles. The third-order valence-electron chi connectivity index (χ3n) is 3.60. The molecule has 0 bridgehead atoms. The van der Waals surface area contributed by atoms with Crippen molar-refractivity contribution in [3.05, 3.63) is 53.9 Å². The van der Waals surface area contributed by atoms with Crippen LogP contribution in [0.4, 0.5) is 0 Å². The van der Waals surface area contributed by atoms with E-state index in [9.17, 15) is 4.79 Å². The van der Waals surface area contributed by atoms with Crippen LogP contribution in [0.5, 0.6) is 0 Å². The van der Waals surface area contributed by atoms with Crippen LogP contribution < -0.4 is 5.32 Å². The van der Waals surface area contributed by atoms with Gasteiger partial charge in [0.15, 0.2) is 0 Å². The first-order chi connectivity index (χ1) is 10.3. The number of hydrogen-bond donors (Lipinski definition) is 1. The van der Waals surface area contributed by atoms with Gasteiger partial charge >= 0.3 is 0 Å². The smallest absolute Gasteiger partial charge is 0.254 e. The van der Waals surface area contributed by atoms with Crippen molar-refractivity contribution in [1.82, 2.24) is 15.1 Å². The molecule has 0 aliphatic carbocycles. The zero-order chi connectivity index (χ0) is 14.5. The number of rotatable bonds is 5. The molecule has 2 heterocycles. The number of aromatic nitrogens is 2. The Kier molecular flexibility index (Phi) is 4.31. The number of hydrogen-bond acceptors (Lipinski definition) is 3. The second-order valence-electron chi connectivity index (χ2n) is 5.26. The largest absolute Gasteiger partial charge is 0.376 e. The summed E-state index contributed by atoms with van der Waals surface area (Å²) in [7, 11) is 0. The Bertz CT molecular complexity index is 589. The van der Waals surface area contributed by atoms with Gasteiger partial charge in [0.25, 0.3) is 5.91 Å². The van der Waals surface area contributed by atoms with E-state index < -0.39 is 0 Å². The van der Waals surface area contributed by atoms with Crippen LogP contribution in [-0.2, 0) is 11.3 Å². The molecule has 0 spiro atoms. The summed E-state index contributed by atoms with van der Waals surface area (Å²) in [6, 6.07) is 10.1. The molecule has 1 N–H and O–H groups in total. The van der Waals surface area contributed by atoms with Crippen LogP contribution in [-0.4, -0.2) is 34.9 Å². The molecule has 0 saturated carbocycles. The zero-order valence-electron chi connectivity index (χ0n) is 11.9. The Morgan fingerprint density at radius 3 is 3.00 bits per heavy atom. The lowest BCUT2D eigenvalue weighted by atomic mass is 10.2. The molecule has 1 saturated heterocycles. The number of carbonyl (C=O) groups excluding carboxylic acids is 1. The van der Waals surface area contributed by atoms with E-state index in [0.717, 1.165) is 25.0 Å². The van der Waals surface area contributed by atoms with Crippen LogP contribution in [0.15, 0.2) is 42.7 Å². The number of nitrogens with zero attached hydrogens (tertiary/aromatic N) is 2. The number of ether oxygens (including phenoxy) is 1. The first-order valence-electron chi connectivity index (χ1n) is 7.27. The number of benzene rings is 1. The molecule has 1 atom stereocenters. The number of nitrogens with one attached hydrogen (secondary N) is 1. The fourth-order valence-electron chi connectivity index (χ4n) is 2.45. The minimum atomic E-state index is -0.0928. The Balaban J connectivity index is 1.55. The minimum Gasteiger partial charge on any atom is -0.376 e. The lowest BCUT2D eigenvalue weighted by Crippen LogP contribution is -2.31. The Labute approximate surface area is 123 Å². The third-order valence-corrected chi connectivity index (χ3v) is 3.60. The maximum atomic E-state index is 12.0. The van der Waals surface area contributed by atoms with Crippen molar-refractivity contribution < 1.29 is 9.53 Å². The fraction of sp³-hybridized carbons (Fsp3) is 0.375. The van der Waals surface area contributed by atoms with E-state index in [-0.39, 0.29) is 12.0 Å². The average Bonchev–Trinajstić information content (AvgIpc) is 3.17. The van der Waals surface area contributed by atoms with Gasteiger partial charge in [0.05, 0.1) is 24.4 Å². The van der Waals surface area contributed by atoms with Crippen LogP contribution in [0.2, 0.25) is 0 Å². The predicted molar refractivity (Wildman–Crippen MR) is 79.1 cm³/mol. The van der Waals surface area contributed by atoms with Crippen LogP contribution in [0.1, 0.15) is 28.8 Å². The summed E-state index contributed by atoms with van der Waals surface area (Å²) in [6.45, 7) is 2.04. The van der Waals surface area contributed by atoms with Crippen molar-refractivity contribution in [3.63, 3.8) is 0 Å². The van der Waals surface area contributed by atoms with Gasteiger partial charge in [0.1, 0.15) is 0 Å². The van der Waals surface area contributed by atoms with Crippen LogP contribution >= 0.6 is 0 Å². The standard InChI is InChI=1S/C16H19N3O2/c20-16(17-10-15-7-4-8-21-15)14-9-18-19(12-14)11-13-5-2-1-3-6-13/h1-3,5-6,9,12,15H,4,7-8,10-11H2,(H,17,20). The SMILES string of the molecule is O=C(NCC1CCCO1)c1cnn(Cc2ccccc2)c1. The van der Waals surface area contributed by atoms with Crippen LogP contribution in [0.3, 0.4) is 0 Å². The summed E-state index contributed by atoms with van der Waals surface area (Å²) >= 11 is 0. The highest BCUT2D eigenvalue weighted by molar-refractivity contribution is 5.93. The second-order valence-corrected chi connectivity index (χ2v) is 5.26. The van der Waals surface area contributed by atoms with Gasteiger partial charge in [-0.15, -0.1) is 0 Å². The highest BCUT2D eigenvalue weighted by atomic mass is 16.5. The molecular weight excluding hydrogens is 266 g/mol. The Morgan fingerprint density at radius 2 is 2.24 bits per heavy atom. The zero-order valence-corrected chi connectivity index (χ0v) is 11.9. The van der Waals surface area contributed by atoms with Gasteiger partial charge in [-0.05, 0) is 18.4 Å². The van der Waals surface area contributed by atoms with E-state index in [1.165, 1.54) is 0 Å². The van der Waals surface area contributed by atoms with Gasteiger partial charge in [-0.1, -0.05) is 30.3 Å². The quantitative estimate of drug-likeness (QED) is 0.912. The highest BCUT2D eigenvalue weighted by Crippen LogP contribution is 2.11.